The first-order valence-electron chi connectivity index (χ1n) is 11.6. The number of aliphatic imine (C=N–C) groups is 1. The standard InChI is InChI=1S/C27H37N5O2/c1-9-20-18(4)26-23(13-22(20)25(29-5)27(33)30-17(3)14-31(6)7)21-12-19(34-15-16(2)28)10-11-24(21)32(26)8/h9-13,16-17H,1,14-15,28H2,2-8H3,(H,30,33). The van der Waals surface area contributed by atoms with Gasteiger partial charge in [0.05, 0.1) is 5.52 Å². The van der Waals surface area contributed by atoms with Crippen molar-refractivity contribution in [1.29, 1.82) is 0 Å². The zero-order chi connectivity index (χ0) is 25.2. The minimum absolute atomic E-state index is 0.0153. The van der Waals surface area contributed by atoms with Crippen molar-refractivity contribution >= 4 is 39.5 Å². The molecule has 0 aliphatic carbocycles. The average molecular weight is 464 g/mol. The summed E-state index contributed by atoms with van der Waals surface area (Å²) in [6, 6.07) is 8.05. The third kappa shape index (κ3) is 5.00. The molecule has 3 N–H and O–H groups in total. The smallest absolute Gasteiger partial charge is 0.270 e. The van der Waals surface area contributed by atoms with Crippen LogP contribution in [-0.4, -0.2) is 67.5 Å². The molecule has 0 saturated carbocycles. The Bertz CT molecular complexity index is 1250. The van der Waals surface area contributed by atoms with Crippen LogP contribution in [0.15, 0.2) is 35.8 Å². The second-order valence-corrected chi connectivity index (χ2v) is 9.30. The van der Waals surface area contributed by atoms with Gasteiger partial charge in [-0.3, -0.25) is 9.79 Å². The Morgan fingerprint density at radius 2 is 2.00 bits per heavy atom. The van der Waals surface area contributed by atoms with Gasteiger partial charge in [-0.1, -0.05) is 12.7 Å². The van der Waals surface area contributed by atoms with Crippen molar-refractivity contribution in [3.63, 3.8) is 0 Å². The van der Waals surface area contributed by atoms with Crippen molar-refractivity contribution in [2.24, 2.45) is 17.8 Å². The highest BCUT2D eigenvalue weighted by molar-refractivity contribution is 6.46. The number of likely N-dealkylation sites (N-methyl/N-ethyl adjacent to an activating group) is 1. The molecular weight excluding hydrogens is 426 g/mol. The van der Waals surface area contributed by atoms with Crippen molar-refractivity contribution in [1.82, 2.24) is 14.8 Å². The van der Waals surface area contributed by atoms with Gasteiger partial charge in [0, 0.05) is 54.6 Å². The normalized spacial score (nSPS) is 14.0. The third-order valence-corrected chi connectivity index (χ3v) is 5.98. The van der Waals surface area contributed by atoms with Gasteiger partial charge < -0.3 is 25.3 Å². The van der Waals surface area contributed by atoms with Gasteiger partial charge >= 0.3 is 0 Å². The molecule has 0 spiro atoms. The molecule has 0 bridgehead atoms. The average Bonchev–Trinajstić information content (AvgIpc) is 3.04. The molecule has 1 heterocycles. The number of aromatic nitrogens is 1. The van der Waals surface area contributed by atoms with Gasteiger partial charge in [0.1, 0.15) is 18.1 Å². The Balaban J connectivity index is 2.17. The van der Waals surface area contributed by atoms with Crippen molar-refractivity contribution in [3.8, 4) is 5.75 Å². The number of hydrogen-bond acceptors (Lipinski definition) is 5. The number of hydrogen-bond donors (Lipinski definition) is 2. The highest BCUT2D eigenvalue weighted by atomic mass is 16.5. The summed E-state index contributed by atoms with van der Waals surface area (Å²) in [5, 5.41) is 5.17. The van der Waals surface area contributed by atoms with Crippen LogP contribution in [0.5, 0.6) is 5.75 Å². The number of aryl methyl sites for hydroxylation is 2. The van der Waals surface area contributed by atoms with Crippen LogP contribution in [-0.2, 0) is 11.8 Å². The summed E-state index contributed by atoms with van der Waals surface area (Å²) in [7, 11) is 7.67. The number of ether oxygens (including phenoxy) is 1. The molecule has 2 aromatic carbocycles. The van der Waals surface area contributed by atoms with Gasteiger partial charge in [-0.05, 0) is 70.3 Å². The minimum atomic E-state index is -0.195. The van der Waals surface area contributed by atoms with Gasteiger partial charge in [-0.2, -0.15) is 0 Å². The topological polar surface area (TPSA) is 84.9 Å². The van der Waals surface area contributed by atoms with Crippen LogP contribution >= 0.6 is 0 Å². The molecule has 182 valence electrons. The molecule has 0 aliphatic heterocycles. The molecule has 0 radical (unpaired) electrons. The molecule has 34 heavy (non-hydrogen) atoms. The maximum atomic E-state index is 13.2. The summed E-state index contributed by atoms with van der Waals surface area (Å²) in [5.74, 6) is 0.573. The van der Waals surface area contributed by atoms with Crippen LogP contribution in [0, 0.1) is 6.92 Å². The number of rotatable bonds is 9. The van der Waals surface area contributed by atoms with Crippen LogP contribution in [0.2, 0.25) is 0 Å². The predicted molar refractivity (Wildman–Crippen MR) is 143 cm³/mol. The molecule has 0 fully saturated rings. The van der Waals surface area contributed by atoms with Crippen LogP contribution < -0.4 is 15.8 Å². The van der Waals surface area contributed by atoms with E-state index in [4.69, 9.17) is 10.5 Å². The molecule has 3 aromatic rings. The van der Waals surface area contributed by atoms with E-state index in [0.717, 1.165) is 50.8 Å². The van der Waals surface area contributed by atoms with Gasteiger partial charge in [0.15, 0.2) is 0 Å². The molecule has 7 nitrogen and oxygen atoms in total. The number of carbonyl (C=O) groups is 1. The summed E-state index contributed by atoms with van der Waals surface area (Å²) >= 11 is 0. The monoisotopic (exact) mass is 463 g/mol. The highest BCUT2D eigenvalue weighted by Crippen LogP contribution is 2.36. The van der Waals surface area contributed by atoms with Crippen molar-refractivity contribution in [2.45, 2.75) is 32.9 Å². The quantitative estimate of drug-likeness (QED) is 0.476. The lowest BCUT2D eigenvalue weighted by molar-refractivity contribution is -0.115. The molecule has 1 amide bonds. The maximum absolute atomic E-state index is 13.2. The number of amides is 1. The molecule has 3 rings (SSSR count). The second kappa shape index (κ2) is 10.4. The fourth-order valence-electron chi connectivity index (χ4n) is 4.61. The Morgan fingerprint density at radius 3 is 2.59 bits per heavy atom. The lowest BCUT2D eigenvalue weighted by Gasteiger charge is -2.20. The molecule has 0 aliphatic rings. The second-order valence-electron chi connectivity index (χ2n) is 9.30. The van der Waals surface area contributed by atoms with E-state index in [1.807, 2.05) is 45.0 Å². The number of nitrogens with zero attached hydrogens (tertiary/aromatic N) is 3. The number of nitrogens with one attached hydrogen (secondary N) is 1. The van der Waals surface area contributed by atoms with E-state index < -0.39 is 0 Å². The van der Waals surface area contributed by atoms with Crippen LogP contribution in [0.3, 0.4) is 0 Å². The first-order valence-corrected chi connectivity index (χ1v) is 11.6. The maximum Gasteiger partial charge on any atom is 0.270 e. The fourth-order valence-corrected chi connectivity index (χ4v) is 4.61. The van der Waals surface area contributed by atoms with E-state index in [1.54, 1.807) is 13.1 Å². The zero-order valence-corrected chi connectivity index (χ0v) is 21.4. The van der Waals surface area contributed by atoms with Crippen molar-refractivity contribution in [3.05, 3.63) is 47.5 Å². The zero-order valence-electron chi connectivity index (χ0n) is 21.4. The summed E-state index contributed by atoms with van der Waals surface area (Å²) in [6.45, 7) is 11.2. The number of nitrogens with two attached hydrogens (primary N) is 1. The molecule has 1 aromatic heterocycles. The first kappa shape index (κ1) is 25.5. The van der Waals surface area contributed by atoms with Crippen LogP contribution in [0.4, 0.5) is 0 Å². The summed E-state index contributed by atoms with van der Waals surface area (Å²) < 4.78 is 8.05. The number of benzene rings is 2. The predicted octanol–water partition coefficient (Wildman–Crippen LogP) is 3.49. The van der Waals surface area contributed by atoms with E-state index >= 15 is 0 Å². The Kier molecular flexibility index (Phi) is 7.79. The number of fused-ring (bicyclic) bond motifs is 3. The largest absolute Gasteiger partial charge is 0.492 e. The van der Waals surface area contributed by atoms with E-state index in [1.165, 1.54) is 0 Å². The molecule has 2 unspecified atom stereocenters. The van der Waals surface area contributed by atoms with Crippen LogP contribution in [0.1, 0.15) is 30.5 Å². The van der Waals surface area contributed by atoms with Gasteiger partial charge in [-0.15, -0.1) is 0 Å². The molecular formula is C27H37N5O2. The summed E-state index contributed by atoms with van der Waals surface area (Å²) in [6.07, 6.45) is 1.81. The van der Waals surface area contributed by atoms with Gasteiger partial charge in [0.25, 0.3) is 5.91 Å². The summed E-state index contributed by atoms with van der Waals surface area (Å²) in [5.41, 5.74) is 11.2. The van der Waals surface area contributed by atoms with Gasteiger partial charge in [0.2, 0.25) is 0 Å². The van der Waals surface area contributed by atoms with E-state index in [0.29, 0.717) is 12.3 Å². The Labute approximate surface area is 202 Å². The SMILES string of the molecule is C=Cc1c(C(=NC)C(=O)NC(C)CN(C)C)cc2c3cc(OCC(C)N)ccc3n(C)c2c1C. The molecule has 0 saturated heterocycles. The number of carbonyl (C=O) groups excluding carboxylic acids is 1. The Morgan fingerprint density at radius 1 is 1.29 bits per heavy atom. The lowest BCUT2D eigenvalue weighted by atomic mass is 9.94. The molecule has 7 heteroatoms. The van der Waals surface area contributed by atoms with E-state index in [-0.39, 0.29) is 18.0 Å². The summed E-state index contributed by atoms with van der Waals surface area (Å²) in [4.78, 5) is 19.7. The minimum Gasteiger partial charge on any atom is -0.492 e. The van der Waals surface area contributed by atoms with E-state index in [9.17, 15) is 4.79 Å². The first-order chi connectivity index (χ1) is 16.1. The fraction of sp³-hybridized carbons (Fsp3) is 0.407. The van der Waals surface area contributed by atoms with Crippen molar-refractivity contribution < 1.29 is 9.53 Å². The highest BCUT2D eigenvalue weighted by Gasteiger charge is 2.23. The van der Waals surface area contributed by atoms with E-state index in [2.05, 4.69) is 47.6 Å². The Hall–Kier alpha value is -3.16. The lowest BCUT2D eigenvalue weighted by Crippen LogP contribution is -2.43. The van der Waals surface area contributed by atoms with Crippen molar-refractivity contribution in [2.75, 3.05) is 34.3 Å². The third-order valence-electron chi connectivity index (χ3n) is 5.98. The van der Waals surface area contributed by atoms with Crippen LogP contribution in [0.25, 0.3) is 27.9 Å². The van der Waals surface area contributed by atoms with Gasteiger partial charge in [-0.25, -0.2) is 0 Å². The molecule has 2 atom stereocenters.